The number of benzene rings is 1. The largest absolute Gasteiger partial charge is 0.496 e. The van der Waals surface area contributed by atoms with Gasteiger partial charge in [0, 0.05) is 24.7 Å². The van der Waals surface area contributed by atoms with Crippen LogP contribution >= 0.6 is 11.8 Å². The number of carboxylic acid groups (broad SMARTS) is 2. The lowest BCUT2D eigenvalue weighted by Crippen LogP contribution is -2.50. The van der Waals surface area contributed by atoms with Gasteiger partial charge in [0.2, 0.25) is 18.1 Å². The van der Waals surface area contributed by atoms with Crippen molar-refractivity contribution in [3.05, 3.63) is 33.2 Å². The predicted molar refractivity (Wildman–Crippen MR) is 150 cm³/mol. The molecule has 3 heterocycles. The molecule has 2 amide bonds. The van der Waals surface area contributed by atoms with Crippen molar-refractivity contribution in [1.29, 1.82) is 0 Å². The van der Waals surface area contributed by atoms with Gasteiger partial charge in [0.25, 0.3) is 0 Å². The number of nitrogens with one attached hydrogen (secondary N) is 2. The van der Waals surface area contributed by atoms with Crippen LogP contribution in [0.25, 0.3) is 11.0 Å². The molecule has 1 aromatic carbocycles. The van der Waals surface area contributed by atoms with E-state index in [-0.39, 0.29) is 47.7 Å². The van der Waals surface area contributed by atoms with Crippen LogP contribution in [-0.4, -0.2) is 94.2 Å². The third kappa shape index (κ3) is 5.82. The lowest BCUT2D eigenvalue weighted by atomic mass is 9.92. The molecule has 16 nitrogen and oxygen atoms in total. The summed E-state index contributed by atoms with van der Waals surface area (Å²) >= 11 is 0.946. The van der Waals surface area contributed by atoms with Crippen LogP contribution in [0.4, 0.5) is 0 Å². The maximum Gasteiger partial charge on any atom is 0.347 e. The van der Waals surface area contributed by atoms with Crippen LogP contribution in [0.3, 0.4) is 0 Å². The highest BCUT2D eigenvalue weighted by Gasteiger charge is 2.53. The zero-order valence-corrected chi connectivity index (χ0v) is 24.0. The zero-order chi connectivity index (χ0) is 31.9. The molecule has 0 radical (unpaired) electrons. The smallest absolute Gasteiger partial charge is 0.347 e. The molecular formula is C27H29N3O13S. The molecule has 17 heteroatoms. The highest BCUT2D eigenvalue weighted by molar-refractivity contribution is 7.99. The molecule has 2 aromatic rings. The summed E-state index contributed by atoms with van der Waals surface area (Å²) in [5.41, 5.74) is 4.58. The van der Waals surface area contributed by atoms with Gasteiger partial charge in [-0.1, -0.05) is 0 Å². The second-order valence-electron chi connectivity index (χ2n) is 10.4. The summed E-state index contributed by atoms with van der Waals surface area (Å²) in [6.07, 6.45) is -2.31. The molecular weight excluding hydrogens is 606 g/mol. The van der Waals surface area contributed by atoms with E-state index >= 15 is 0 Å². The van der Waals surface area contributed by atoms with E-state index in [0.29, 0.717) is 28.7 Å². The minimum absolute atomic E-state index is 0.0259. The van der Waals surface area contributed by atoms with E-state index in [1.54, 1.807) is 6.07 Å². The van der Waals surface area contributed by atoms with Crippen molar-refractivity contribution in [2.75, 3.05) is 19.4 Å². The number of aliphatic hydroxyl groups excluding tert-OH is 1. The van der Waals surface area contributed by atoms with Gasteiger partial charge in [-0.3, -0.25) is 24.0 Å². The molecule has 0 spiro atoms. The lowest BCUT2D eigenvalue weighted by molar-refractivity contribution is -0.139. The SMILES string of the molecule is COc1cc2c(c3oc(=O)c4c(c13)CCC4=O)C1C(O2)O[C@@H](SCC(NC(=O)CCC(N)C(=O)O)C(=O)NCC(=O)O)[C@@H]1O. The first-order valence-electron chi connectivity index (χ1n) is 13.5. The standard InChI is InChI=1S/C27H29N3O13S/c1-40-13-6-14-19(22-18(13)9-2-4-12(31)17(9)25(39)42-22)20-21(35)27(43-26(20)41-14)44-8-11(23(36)29-7-16(33)34)30-15(32)5-3-10(28)24(37)38/h6,10-11,20-21,26-27,35H,2-5,7-8,28H2,1H3,(H,29,36)(H,30,32)(H,33,34)(H,37,38)/t10?,11?,20?,21-,26?,27+/m1/s1. The fourth-order valence-electron chi connectivity index (χ4n) is 5.52. The van der Waals surface area contributed by atoms with Gasteiger partial charge in [-0.15, -0.1) is 11.8 Å². The van der Waals surface area contributed by atoms with Crippen molar-refractivity contribution >= 4 is 52.3 Å². The van der Waals surface area contributed by atoms with Crippen molar-refractivity contribution in [3.63, 3.8) is 0 Å². The Labute approximate surface area is 252 Å². The van der Waals surface area contributed by atoms with E-state index in [9.17, 15) is 33.9 Å². The molecule has 1 aliphatic carbocycles. The number of amides is 2. The van der Waals surface area contributed by atoms with Gasteiger partial charge < -0.3 is 50.3 Å². The number of fused-ring (bicyclic) bond motifs is 7. The number of nitrogens with two attached hydrogens (primary N) is 1. The molecule has 236 valence electrons. The Hall–Kier alpha value is -4.19. The van der Waals surface area contributed by atoms with E-state index < -0.39 is 71.8 Å². The van der Waals surface area contributed by atoms with Gasteiger partial charge in [-0.2, -0.15) is 0 Å². The van der Waals surface area contributed by atoms with Crippen molar-refractivity contribution in [1.82, 2.24) is 10.6 Å². The molecule has 5 rings (SSSR count). The summed E-state index contributed by atoms with van der Waals surface area (Å²) in [5.74, 6) is -4.88. The number of aliphatic carboxylic acids is 2. The van der Waals surface area contributed by atoms with E-state index in [2.05, 4.69) is 10.6 Å². The average molecular weight is 636 g/mol. The average Bonchev–Trinajstić information content (AvgIpc) is 3.64. The van der Waals surface area contributed by atoms with Crippen LogP contribution in [-0.2, 0) is 30.3 Å². The number of methoxy groups -OCH3 is 1. The molecule has 2 aliphatic heterocycles. The fraction of sp³-hybridized carbons (Fsp3) is 0.481. The Morgan fingerprint density at radius 1 is 1.20 bits per heavy atom. The van der Waals surface area contributed by atoms with Crippen molar-refractivity contribution in [2.24, 2.45) is 5.73 Å². The number of aliphatic hydroxyl groups is 1. The van der Waals surface area contributed by atoms with Crippen molar-refractivity contribution in [3.8, 4) is 11.5 Å². The molecule has 1 saturated heterocycles. The normalized spacial score (nSPS) is 22.8. The summed E-state index contributed by atoms with van der Waals surface area (Å²) in [6.45, 7) is -0.714. The number of thioether (sulfide) groups is 1. The molecule has 1 fully saturated rings. The monoisotopic (exact) mass is 635 g/mol. The molecule has 7 N–H and O–H groups in total. The Bertz CT molecular complexity index is 1610. The highest BCUT2D eigenvalue weighted by atomic mass is 32.2. The third-order valence-corrected chi connectivity index (χ3v) is 8.87. The number of carbonyl (C=O) groups is 5. The van der Waals surface area contributed by atoms with Gasteiger partial charge in [-0.05, 0) is 18.4 Å². The first-order valence-corrected chi connectivity index (χ1v) is 14.6. The van der Waals surface area contributed by atoms with Crippen molar-refractivity contribution in [2.45, 2.75) is 61.5 Å². The van der Waals surface area contributed by atoms with E-state index in [4.69, 9.17) is 34.6 Å². The van der Waals surface area contributed by atoms with Gasteiger partial charge in [0.1, 0.15) is 52.8 Å². The number of ketones is 1. The van der Waals surface area contributed by atoms with Crippen molar-refractivity contribution < 1.29 is 57.9 Å². The summed E-state index contributed by atoms with van der Waals surface area (Å²) < 4.78 is 23.0. The van der Waals surface area contributed by atoms with Crippen LogP contribution in [0.2, 0.25) is 0 Å². The quantitative estimate of drug-likeness (QED) is 0.154. The molecule has 0 bridgehead atoms. The van der Waals surface area contributed by atoms with E-state index in [1.165, 1.54) is 7.11 Å². The minimum Gasteiger partial charge on any atom is -0.496 e. The van der Waals surface area contributed by atoms with E-state index in [1.807, 2.05) is 0 Å². The Morgan fingerprint density at radius 3 is 2.64 bits per heavy atom. The number of carboxylic acids is 2. The van der Waals surface area contributed by atoms with Crippen LogP contribution in [0.5, 0.6) is 11.5 Å². The first kappa shape index (κ1) is 31.2. The predicted octanol–water partition coefficient (Wildman–Crippen LogP) is -0.939. The summed E-state index contributed by atoms with van der Waals surface area (Å²) in [7, 11) is 1.42. The van der Waals surface area contributed by atoms with Gasteiger partial charge in [0.05, 0.1) is 24.0 Å². The molecule has 4 unspecified atom stereocenters. The number of carbonyl (C=O) groups excluding carboxylic acids is 3. The molecule has 1 aromatic heterocycles. The lowest BCUT2D eigenvalue weighted by Gasteiger charge is -2.22. The molecule has 44 heavy (non-hydrogen) atoms. The highest BCUT2D eigenvalue weighted by Crippen LogP contribution is 2.53. The maximum atomic E-state index is 12.8. The number of hydrogen-bond donors (Lipinski definition) is 6. The summed E-state index contributed by atoms with van der Waals surface area (Å²) in [4.78, 5) is 72.2. The third-order valence-electron chi connectivity index (χ3n) is 7.63. The topological polar surface area (TPSA) is 254 Å². The van der Waals surface area contributed by atoms with E-state index in [0.717, 1.165) is 11.8 Å². The Balaban J connectivity index is 1.35. The number of rotatable bonds is 12. The van der Waals surface area contributed by atoms with Crippen LogP contribution in [0, 0.1) is 0 Å². The summed E-state index contributed by atoms with van der Waals surface area (Å²) in [6, 6.07) is -0.993. The number of Topliss-reactive ketones (excluding diaryl/α,β-unsaturated/α-hetero) is 1. The van der Waals surface area contributed by atoms with Gasteiger partial charge in [-0.25, -0.2) is 4.79 Å². The maximum absolute atomic E-state index is 12.8. The first-order chi connectivity index (χ1) is 20.9. The number of ether oxygens (including phenoxy) is 3. The Morgan fingerprint density at radius 2 is 1.95 bits per heavy atom. The second kappa shape index (κ2) is 12.4. The van der Waals surface area contributed by atoms with Gasteiger partial charge in [0.15, 0.2) is 5.78 Å². The molecule has 3 aliphatic rings. The molecule has 0 saturated carbocycles. The van der Waals surface area contributed by atoms with Crippen LogP contribution in [0.15, 0.2) is 15.3 Å². The Kier molecular flexibility index (Phi) is 8.83. The number of aryl methyl sites for hydroxylation is 1. The fourth-order valence-corrected chi connectivity index (χ4v) is 6.69. The van der Waals surface area contributed by atoms with Gasteiger partial charge >= 0.3 is 17.6 Å². The number of hydrogen-bond acceptors (Lipinski definition) is 13. The van der Waals surface area contributed by atoms with Crippen LogP contribution < -0.4 is 31.5 Å². The minimum atomic E-state index is -1.31. The zero-order valence-electron chi connectivity index (χ0n) is 23.2. The molecule has 6 atom stereocenters. The summed E-state index contributed by atoms with van der Waals surface area (Å²) in [5, 5.41) is 34.2. The van der Waals surface area contributed by atoms with Crippen LogP contribution in [0.1, 0.15) is 46.7 Å². The second-order valence-corrected chi connectivity index (χ2v) is 11.5.